The average molecular weight is 269 g/mol. The molecule has 19 heavy (non-hydrogen) atoms. The Morgan fingerprint density at radius 2 is 2.32 bits per heavy atom. The monoisotopic (exact) mass is 269 g/mol. The molecule has 0 aliphatic carbocycles. The van der Waals surface area contributed by atoms with E-state index in [2.05, 4.69) is 0 Å². The first-order valence-electron chi connectivity index (χ1n) is 6.08. The zero-order valence-electron chi connectivity index (χ0n) is 10.4. The maximum Gasteiger partial charge on any atom is 0.306 e. The first-order valence-corrected chi connectivity index (χ1v) is 6.08. The Morgan fingerprint density at radius 1 is 1.53 bits per heavy atom. The topological polar surface area (TPSA) is 70.0 Å². The highest BCUT2D eigenvalue weighted by molar-refractivity contribution is 5.67. The molecule has 1 aromatic carbocycles. The van der Waals surface area contributed by atoms with Gasteiger partial charge >= 0.3 is 5.97 Å². The second-order valence-electron chi connectivity index (χ2n) is 4.60. The van der Waals surface area contributed by atoms with Gasteiger partial charge in [-0.3, -0.25) is 9.69 Å². The van der Waals surface area contributed by atoms with Gasteiger partial charge < -0.3 is 14.9 Å². The van der Waals surface area contributed by atoms with E-state index in [1.165, 1.54) is 18.2 Å². The molecular formula is C13H16FNO4. The number of halogens is 1. The third kappa shape index (κ3) is 3.90. The highest BCUT2D eigenvalue weighted by Gasteiger charge is 2.23. The third-order valence-electron chi connectivity index (χ3n) is 3.06. The first kappa shape index (κ1) is 13.8. The van der Waals surface area contributed by atoms with Crippen molar-refractivity contribution in [3.8, 4) is 5.75 Å². The maximum atomic E-state index is 13.1. The van der Waals surface area contributed by atoms with Crippen molar-refractivity contribution in [3.05, 3.63) is 29.6 Å². The Labute approximate surface area is 110 Å². The van der Waals surface area contributed by atoms with Crippen LogP contribution in [0.2, 0.25) is 0 Å². The molecule has 1 aliphatic heterocycles. The van der Waals surface area contributed by atoms with E-state index in [1.807, 2.05) is 4.90 Å². The van der Waals surface area contributed by atoms with Crippen LogP contribution < -0.4 is 0 Å². The molecule has 0 radical (unpaired) electrons. The molecule has 104 valence electrons. The normalized spacial score (nSPS) is 20.4. The molecular weight excluding hydrogens is 253 g/mol. The number of hydrogen-bond acceptors (Lipinski definition) is 4. The summed E-state index contributed by atoms with van der Waals surface area (Å²) >= 11 is 0. The van der Waals surface area contributed by atoms with Crippen LogP contribution in [0.4, 0.5) is 4.39 Å². The highest BCUT2D eigenvalue weighted by atomic mass is 19.1. The van der Waals surface area contributed by atoms with E-state index >= 15 is 0 Å². The number of carboxylic acids is 1. The SMILES string of the molecule is O=C(O)CC1CN(Cc2cc(F)ccc2O)CCO1. The number of rotatable bonds is 4. The van der Waals surface area contributed by atoms with Crippen molar-refractivity contribution in [1.82, 2.24) is 4.90 Å². The minimum Gasteiger partial charge on any atom is -0.508 e. The van der Waals surface area contributed by atoms with Crippen LogP contribution in [0.15, 0.2) is 18.2 Å². The Hall–Kier alpha value is -1.66. The van der Waals surface area contributed by atoms with Gasteiger partial charge in [-0.1, -0.05) is 0 Å². The largest absolute Gasteiger partial charge is 0.508 e. The predicted octanol–water partition coefficient (Wildman–Crippen LogP) is 1.21. The van der Waals surface area contributed by atoms with Crippen LogP contribution in [0, 0.1) is 5.82 Å². The smallest absolute Gasteiger partial charge is 0.306 e. The van der Waals surface area contributed by atoms with Crippen molar-refractivity contribution in [2.24, 2.45) is 0 Å². The Balaban J connectivity index is 1.98. The summed E-state index contributed by atoms with van der Waals surface area (Å²) in [6, 6.07) is 3.81. The third-order valence-corrected chi connectivity index (χ3v) is 3.06. The fourth-order valence-electron chi connectivity index (χ4n) is 2.16. The van der Waals surface area contributed by atoms with Crippen LogP contribution in [0.25, 0.3) is 0 Å². The van der Waals surface area contributed by atoms with Crippen LogP contribution in [-0.2, 0) is 16.1 Å². The molecule has 1 atom stereocenters. The lowest BCUT2D eigenvalue weighted by atomic mass is 10.1. The van der Waals surface area contributed by atoms with E-state index in [1.54, 1.807) is 0 Å². The van der Waals surface area contributed by atoms with Crippen LogP contribution in [0.5, 0.6) is 5.75 Å². The van der Waals surface area contributed by atoms with Crippen molar-refractivity contribution >= 4 is 5.97 Å². The molecule has 0 spiro atoms. The van der Waals surface area contributed by atoms with Gasteiger partial charge in [-0.15, -0.1) is 0 Å². The van der Waals surface area contributed by atoms with Crippen molar-refractivity contribution in [1.29, 1.82) is 0 Å². The number of phenols is 1. The number of phenolic OH excluding ortho intramolecular Hbond substituents is 1. The lowest BCUT2D eigenvalue weighted by Crippen LogP contribution is -2.42. The summed E-state index contributed by atoms with van der Waals surface area (Å²) in [5, 5.41) is 18.4. The number of carbonyl (C=O) groups is 1. The number of aromatic hydroxyl groups is 1. The van der Waals surface area contributed by atoms with E-state index in [-0.39, 0.29) is 18.3 Å². The Bertz CT molecular complexity index is 466. The molecule has 1 unspecified atom stereocenters. The molecule has 6 heteroatoms. The molecule has 5 nitrogen and oxygen atoms in total. The number of nitrogens with zero attached hydrogens (tertiary/aromatic N) is 1. The molecule has 0 saturated carbocycles. The molecule has 1 heterocycles. The van der Waals surface area contributed by atoms with Gasteiger partial charge in [0.05, 0.1) is 19.1 Å². The predicted molar refractivity (Wildman–Crippen MR) is 65.3 cm³/mol. The summed E-state index contributed by atoms with van der Waals surface area (Å²) in [5.74, 6) is -1.26. The second kappa shape index (κ2) is 5.99. The number of hydrogen-bond donors (Lipinski definition) is 2. The molecule has 0 amide bonds. The number of morpholine rings is 1. The van der Waals surface area contributed by atoms with Gasteiger partial charge in [-0.05, 0) is 18.2 Å². The average Bonchev–Trinajstić information content (AvgIpc) is 2.33. The summed E-state index contributed by atoms with van der Waals surface area (Å²) in [6.45, 7) is 1.91. The summed E-state index contributed by atoms with van der Waals surface area (Å²) in [5.41, 5.74) is 0.496. The lowest BCUT2D eigenvalue weighted by Gasteiger charge is -2.32. The molecule has 1 aliphatic rings. The highest BCUT2D eigenvalue weighted by Crippen LogP contribution is 2.21. The minimum atomic E-state index is -0.902. The molecule has 1 saturated heterocycles. The summed E-state index contributed by atoms with van der Waals surface area (Å²) < 4.78 is 18.5. The van der Waals surface area contributed by atoms with Gasteiger partial charge in [0.25, 0.3) is 0 Å². The van der Waals surface area contributed by atoms with Crippen LogP contribution in [0.1, 0.15) is 12.0 Å². The number of aliphatic carboxylic acids is 1. The van der Waals surface area contributed by atoms with Crippen molar-refractivity contribution in [3.63, 3.8) is 0 Å². The molecule has 2 N–H and O–H groups in total. The number of benzene rings is 1. The van der Waals surface area contributed by atoms with E-state index < -0.39 is 11.8 Å². The van der Waals surface area contributed by atoms with Gasteiger partial charge in [0.2, 0.25) is 0 Å². The van der Waals surface area contributed by atoms with E-state index in [4.69, 9.17) is 9.84 Å². The van der Waals surface area contributed by atoms with E-state index in [0.717, 1.165) is 0 Å². The number of carboxylic acid groups (broad SMARTS) is 1. The summed E-state index contributed by atoms with van der Waals surface area (Å²) in [4.78, 5) is 12.6. The van der Waals surface area contributed by atoms with Crippen LogP contribution in [-0.4, -0.2) is 46.9 Å². The van der Waals surface area contributed by atoms with E-state index in [9.17, 15) is 14.3 Å². The molecule has 0 aromatic heterocycles. The Kier molecular flexibility index (Phi) is 4.34. The fraction of sp³-hybridized carbons (Fsp3) is 0.462. The van der Waals surface area contributed by atoms with Crippen molar-refractivity contribution in [2.45, 2.75) is 19.1 Å². The minimum absolute atomic E-state index is 0.0441. The Morgan fingerprint density at radius 3 is 3.05 bits per heavy atom. The molecule has 1 aromatic rings. The van der Waals surface area contributed by atoms with Gasteiger partial charge in [-0.25, -0.2) is 4.39 Å². The maximum absolute atomic E-state index is 13.1. The summed E-state index contributed by atoms with van der Waals surface area (Å²) in [7, 11) is 0. The number of ether oxygens (including phenoxy) is 1. The van der Waals surface area contributed by atoms with Gasteiger partial charge in [0, 0.05) is 25.2 Å². The zero-order valence-corrected chi connectivity index (χ0v) is 10.4. The molecule has 0 bridgehead atoms. The van der Waals surface area contributed by atoms with Crippen molar-refractivity contribution in [2.75, 3.05) is 19.7 Å². The van der Waals surface area contributed by atoms with Crippen LogP contribution >= 0.6 is 0 Å². The molecule has 1 fully saturated rings. The summed E-state index contributed by atoms with van der Waals surface area (Å²) in [6.07, 6.45) is -0.409. The quantitative estimate of drug-likeness (QED) is 0.859. The second-order valence-corrected chi connectivity index (χ2v) is 4.60. The first-order chi connectivity index (χ1) is 9.04. The standard InChI is InChI=1S/C13H16FNO4/c14-10-1-2-12(16)9(5-10)7-15-3-4-19-11(8-15)6-13(17)18/h1-2,5,11,16H,3-4,6-8H2,(H,17,18). The van der Waals surface area contributed by atoms with Gasteiger partial charge in [0.1, 0.15) is 11.6 Å². The van der Waals surface area contributed by atoms with E-state index in [0.29, 0.717) is 31.8 Å². The fourth-order valence-corrected chi connectivity index (χ4v) is 2.16. The molecule has 2 rings (SSSR count). The van der Waals surface area contributed by atoms with Crippen molar-refractivity contribution < 1.29 is 24.1 Å². The van der Waals surface area contributed by atoms with Gasteiger partial charge in [0.15, 0.2) is 0 Å². The van der Waals surface area contributed by atoms with Crippen LogP contribution in [0.3, 0.4) is 0 Å². The zero-order chi connectivity index (χ0) is 13.8. The lowest BCUT2D eigenvalue weighted by molar-refractivity contribution is -0.142. The van der Waals surface area contributed by atoms with Gasteiger partial charge in [-0.2, -0.15) is 0 Å².